The van der Waals surface area contributed by atoms with Crippen molar-refractivity contribution in [1.82, 2.24) is 0 Å². The third-order valence-corrected chi connectivity index (χ3v) is 5.23. The molecule has 3 nitrogen and oxygen atoms in total. The van der Waals surface area contributed by atoms with Crippen LogP contribution in [0.5, 0.6) is 5.75 Å². The van der Waals surface area contributed by atoms with E-state index < -0.39 is 5.41 Å². The van der Waals surface area contributed by atoms with Crippen molar-refractivity contribution in [3.63, 3.8) is 0 Å². The number of amides is 1. The molecule has 4 heteroatoms. The second kappa shape index (κ2) is 8.55. The molecule has 1 N–H and O–H groups in total. The molecular weight excluding hydrogens is 341 g/mol. The van der Waals surface area contributed by atoms with Crippen molar-refractivity contribution in [3.05, 3.63) is 59.9 Å². The summed E-state index contributed by atoms with van der Waals surface area (Å²) in [4.78, 5) is 13.2. The number of benzene rings is 2. The quantitative estimate of drug-likeness (QED) is 0.709. The molecule has 0 aliphatic heterocycles. The van der Waals surface area contributed by atoms with Crippen LogP contribution in [0.2, 0.25) is 0 Å². The molecule has 1 fully saturated rings. The van der Waals surface area contributed by atoms with E-state index in [2.05, 4.69) is 19.2 Å². The third-order valence-electron chi connectivity index (χ3n) is 5.23. The van der Waals surface area contributed by atoms with Crippen LogP contribution in [0, 0.1) is 11.7 Å². The monoisotopic (exact) mass is 369 g/mol. The van der Waals surface area contributed by atoms with Gasteiger partial charge in [-0.15, -0.1) is 0 Å². The number of hydrogen-bond acceptors (Lipinski definition) is 2. The molecule has 2 aromatic rings. The van der Waals surface area contributed by atoms with E-state index in [-0.39, 0.29) is 11.7 Å². The van der Waals surface area contributed by atoms with Gasteiger partial charge >= 0.3 is 0 Å². The van der Waals surface area contributed by atoms with Gasteiger partial charge in [-0.05, 0) is 49.1 Å². The van der Waals surface area contributed by atoms with Gasteiger partial charge in [0.25, 0.3) is 0 Å². The summed E-state index contributed by atoms with van der Waals surface area (Å²) in [7, 11) is 0. The van der Waals surface area contributed by atoms with Crippen molar-refractivity contribution in [1.29, 1.82) is 0 Å². The van der Waals surface area contributed by atoms with Crippen LogP contribution in [0.1, 0.15) is 51.5 Å². The molecule has 1 amide bonds. The lowest BCUT2D eigenvalue weighted by molar-refractivity contribution is -0.122. The Kier molecular flexibility index (Phi) is 6.15. The molecule has 2 aromatic carbocycles. The van der Waals surface area contributed by atoms with Gasteiger partial charge in [0.2, 0.25) is 5.91 Å². The number of nitrogens with one attached hydrogen (secondary N) is 1. The summed E-state index contributed by atoms with van der Waals surface area (Å²) in [5.41, 5.74) is 0.424. The molecular formula is C23H28FNO2. The van der Waals surface area contributed by atoms with Gasteiger partial charge in [-0.2, -0.15) is 0 Å². The van der Waals surface area contributed by atoms with Gasteiger partial charge in [0, 0.05) is 11.3 Å². The van der Waals surface area contributed by atoms with E-state index in [4.69, 9.17) is 4.74 Å². The molecule has 27 heavy (non-hydrogen) atoms. The Morgan fingerprint density at radius 3 is 2.37 bits per heavy atom. The van der Waals surface area contributed by atoms with Gasteiger partial charge in [0.15, 0.2) is 0 Å². The van der Waals surface area contributed by atoms with E-state index in [0.29, 0.717) is 36.6 Å². The molecule has 0 unspecified atom stereocenters. The summed E-state index contributed by atoms with van der Waals surface area (Å²) in [5, 5.41) is 3.01. The van der Waals surface area contributed by atoms with E-state index in [0.717, 1.165) is 25.0 Å². The zero-order chi connectivity index (χ0) is 19.3. The van der Waals surface area contributed by atoms with Crippen LogP contribution in [-0.4, -0.2) is 12.5 Å². The number of halogens is 1. The van der Waals surface area contributed by atoms with Crippen molar-refractivity contribution in [2.24, 2.45) is 5.92 Å². The van der Waals surface area contributed by atoms with Crippen LogP contribution in [0.4, 0.5) is 10.1 Å². The molecule has 144 valence electrons. The predicted octanol–water partition coefficient (Wildman–Crippen LogP) is 5.70. The molecule has 0 spiro atoms. The number of anilines is 1. The molecule has 1 aliphatic rings. The Labute approximate surface area is 160 Å². The molecule has 0 atom stereocenters. The van der Waals surface area contributed by atoms with Crippen molar-refractivity contribution >= 4 is 11.6 Å². The van der Waals surface area contributed by atoms with E-state index in [1.165, 1.54) is 6.07 Å². The topological polar surface area (TPSA) is 38.3 Å². The molecule has 0 radical (unpaired) electrons. The number of ether oxygens (including phenoxy) is 1. The van der Waals surface area contributed by atoms with Crippen molar-refractivity contribution < 1.29 is 13.9 Å². The first-order chi connectivity index (χ1) is 13.0. The molecule has 0 bridgehead atoms. The van der Waals surface area contributed by atoms with Crippen molar-refractivity contribution in [2.45, 2.75) is 51.4 Å². The predicted molar refractivity (Wildman–Crippen MR) is 107 cm³/mol. The molecule has 0 heterocycles. The maximum Gasteiger partial charge on any atom is 0.235 e. The highest BCUT2D eigenvalue weighted by atomic mass is 19.1. The minimum atomic E-state index is -0.795. The highest BCUT2D eigenvalue weighted by Gasteiger charge is 2.42. The van der Waals surface area contributed by atoms with Gasteiger partial charge in [-0.3, -0.25) is 4.79 Å². The Bertz CT molecular complexity index is 764. The van der Waals surface area contributed by atoms with E-state index >= 15 is 0 Å². The standard InChI is InChI=1S/C23H28FNO2/c1-17(2)16-27-19-12-10-18(11-13-19)25-22(26)23(14-6-3-7-15-23)20-8-4-5-9-21(20)24/h4-5,8-13,17H,3,6-7,14-16H2,1-2H3,(H,25,26). The third kappa shape index (κ3) is 4.49. The molecule has 0 aromatic heterocycles. The number of rotatable bonds is 6. The first-order valence-electron chi connectivity index (χ1n) is 9.80. The fourth-order valence-electron chi connectivity index (χ4n) is 3.77. The van der Waals surface area contributed by atoms with Crippen LogP contribution in [0.15, 0.2) is 48.5 Å². The lowest BCUT2D eigenvalue weighted by Gasteiger charge is -2.36. The maximum absolute atomic E-state index is 14.5. The van der Waals surface area contributed by atoms with Crippen LogP contribution >= 0.6 is 0 Å². The SMILES string of the molecule is CC(C)COc1ccc(NC(=O)C2(c3ccccc3F)CCCCC2)cc1. The Morgan fingerprint density at radius 1 is 1.07 bits per heavy atom. The Balaban J connectivity index is 1.78. The van der Waals surface area contributed by atoms with Crippen LogP contribution < -0.4 is 10.1 Å². The molecule has 1 aliphatic carbocycles. The summed E-state index contributed by atoms with van der Waals surface area (Å²) in [5.74, 6) is 0.814. The van der Waals surface area contributed by atoms with E-state index in [1.54, 1.807) is 12.1 Å². The number of carbonyl (C=O) groups is 1. The normalized spacial score (nSPS) is 16.1. The summed E-state index contributed by atoms with van der Waals surface area (Å²) < 4.78 is 20.2. The van der Waals surface area contributed by atoms with Gasteiger partial charge in [-0.25, -0.2) is 4.39 Å². The summed E-state index contributed by atoms with van der Waals surface area (Å²) >= 11 is 0. The van der Waals surface area contributed by atoms with E-state index in [1.807, 2.05) is 30.3 Å². The molecule has 3 rings (SSSR count). The van der Waals surface area contributed by atoms with Gasteiger partial charge in [-0.1, -0.05) is 51.3 Å². The summed E-state index contributed by atoms with van der Waals surface area (Å²) in [6, 6.07) is 14.1. The molecule has 1 saturated carbocycles. The lowest BCUT2D eigenvalue weighted by atomic mass is 9.68. The average molecular weight is 369 g/mol. The highest BCUT2D eigenvalue weighted by Crippen LogP contribution is 2.41. The second-order valence-electron chi connectivity index (χ2n) is 7.81. The van der Waals surface area contributed by atoms with Crippen LogP contribution in [-0.2, 0) is 10.2 Å². The first kappa shape index (κ1) is 19.4. The van der Waals surface area contributed by atoms with Crippen LogP contribution in [0.25, 0.3) is 0 Å². The minimum Gasteiger partial charge on any atom is -0.493 e. The largest absolute Gasteiger partial charge is 0.493 e. The van der Waals surface area contributed by atoms with Gasteiger partial charge < -0.3 is 10.1 Å². The van der Waals surface area contributed by atoms with Gasteiger partial charge in [0.05, 0.1) is 12.0 Å². The Morgan fingerprint density at radius 2 is 1.74 bits per heavy atom. The second-order valence-corrected chi connectivity index (χ2v) is 7.81. The fourth-order valence-corrected chi connectivity index (χ4v) is 3.77. The van der Waals surface area contributed by atoms with Crippen molar-refractivity contribution in [3.8, 4) is 5.75 Å². The van der Waals surface area contributed by atoms with Crippen LogP contribution in [0.3, 0.4) is 0 Å². The zero-order valence-corrected chi connectivity index (χ0v) is 16.1. The fraction of sp³-hybridized carbons (Fsp3) is 0.435. The van der Waals surface area contributed by atoms with Crippen molar-refractivity contribution in [2.75, 3.05) is 11.9 Å². The summed E-state index contributed by atoms with van der Waals surface area (Å²) in [6.07, 6.45) is 4.31. The number of hydrogen-bond donors (Lipinski definition) is 1. The molecule has 0 saturated heterocycles. The van der Waals surface area contributed by atoms with Gasteiger partial charge in [0.1, 0.15) is 11.6 Å². The minimum absolute atomic E-state index is 0.122. The van der Waals surface area contributed by atoms with E-state index in [9.17, 15) is 9.18 Å². The summed E-state index contributed by atoms with van der Waals surface area (Å²) in [6.45, 7) is 4.85. The zero-order valence-electron chi connectivity index (χ0n) is 16.1. The maximum atomic E-state index is 14.5. The first-order valence-corrected chi connectivity index (χ1v) is 9.80. The lowest BCUT2D eigenvalue weighted by Crippen LogP contribution is -2.42. The Hall–Kier alpha value is -2.36. The smallest absolute Gasteiger partial charge is 0.235 e. The highest BCUT2D eigenvalue weighted by molar-refractivity contribution is 5.99. The average Bonchev–Trinajstić information content (AvgIpc) is 2.68. The number of carbonyl (C=O) groups excluding carboxylic acids is 1.